The minimum Gasteiger partial charge on any atom is -0.491 e. The van der Waals surface area contributed by atoms with Crippen LogP contribution in [-0.4, -0.2) is 17.8 Å². The van der Waals surface area contributed by atoms with Crippen LogP contribution in [0, 0.1) is 0 Å². The van der Waals surface area contributed by atoms with Crippen LogP contribution in [0.15, 0.2) is 42.5 Å². The predicted molar refractivity (Wildman–Crippen MR) is 103 cm³/mol. The second kappa shape index (κ2) is 9.21. The molecule has 0 unspecified atom stereocenters. The first-order valence-corrected chi connectivity index (χ1v) is 9.43. The van der Waals surface area contributed by atoms with E-state index in [-0.39, 0.29) is 12.0 Å². The van der Waals surface area contributed by atoms with Crippen LogP contribution in [-0.2, 0) is 10.5 Å². The van der Waals surface area contributed by atoms with Crippen LogP contribution < -0.4 is 10.1 Å². The number of nitrogens with one attached hydrogen (secondary N) is 1. The molecule has 0 aliphatic heterocycles. The van der Waals surface area contributed by atoms with Gasteiger partial charge in [0.05, 0.1) is 11.9 Å². The quantitative estimate of drug-likeness (QED) is 0.670. The van der Waals surface area contributed by atoms with E-state index in [4.69, 9.17) is 27.9 Å². The molecule has 2 aromatic rings. The third kappa shape index (κ3) is 6.27. The number of hydrogen-bond acceptors (Lipinski definition) is 3. The Kier molecular flexibility index (Phi) is 7.28. The maximum Gasteiger partial charge on any atom is 0.234 e. The normalized spacial score (nSPS) is 10.7. The summed E-state index contributed by atoms with van der Waals surface area (Å²) >= 11 is 13.5. The highest BCUT2D eigenvalue weighted by Crippen LogP contribution is 2.25. The molecule has 0 spiro atoms. The first-order chi connectivity index (χ1) is 11.4. The lowest BCUT2D eigenvalue weighted by molar-refractivity contribution is -0.113. The molecule has 0 aromatic heterocycles. The molecule has 0 radical (unpaired) electrons. The third-order valence-corrected chi connectivity index (χ3v) is 4.56. The first kappa shape index (κ1) is 19.0. The van der Waals surface area contributed by atoms with Crippen molar-refractivity contribution in [1.29, 1.82) is 0 Å². The van der Waals surface area contributed by atoms with Gasteiger partial charge in [-0.3, -0.25) is 4.79 Å². The minimum absolute atomic E-state index is 0.0632. The summed E-state index contributed by atoms with van der Waals surface area (Å²) in [5.74, 6) is 1.67. The number of amides is 1. The van der Waals surface area contributed by atoms with Crippen LogP contribution in [0.25, 0.3) is 0 Å². The van der Waals surface area contributed by atoms with Gasteiger partial charge in [-0.1, -0.05) is 35.3 Å². The molecule has 24 heavy (non-hydrogen) atoms. The van der Waals surface area contributed by atoms with E-state index < -0.39 is 0 Å². The van der Waals surface area contributed by atoms with Gasteiger partial charge >= 0.3 is 0 Å². The summed E-state index contributed by atoms with van der Waals surface area (Å²) in [6, 6.07) is 12.8. The number of rotatable bonds is 7. The molecule has 1 N–H and O–H groups in total. The van der Waals surface area contributed by atoms with E-state index in [9.17, 15) is 4.79 Å². The fourth-order valence-electron chi connectivity index (χ4n) is 2.01. The van der Waals surface area contributed by atoms with Crippen LogP contribution in [0.4, 0.5) is 5.69 Å². The van der Waals surface area contributed by atoms with E-state index in [1.54, 1.807) is 12.1 Å². The predicted octanol–water partition coefficient (Wildman–Crippen LogP) is 5.65. The van der Waals surface area contributed by atoms with Crippen molar-refractivity contribution in [3.63, 3.8) is 0 Å². The molecule has 0 aliphatic rings. The topological polar surface area (TPSA) is 38.3 Å². The van der Waals surface area contributed by atoms with Gasteiger partial charge in [0.1, 0.15) is 5.75 Å². The van der Waals surface area contributed by atoms with Crippen molar-refractivity contribution in [3.05, 3.63) is 58.1 Å². The summed E-state index contributed by atoms with van der Waals surface area (Å²) in [6.07, 6.45) is 0.0932. The van der Waals surface area contributed by atoms with Crippen LogP contribution in [0.3, 0.4) is 0 Å². The number of benzene rings is 2. The number of carbonyl (C=O) groups is 1. The minimum atomic E-state index is -0.0632. The number of hydrogen-bond donors (Lipinski definition) is 1. The summed E-state index contributed by atoms with van der Waals surface area (Å²) in [7, 11) is 0. The summed E-state index contributed by atoms with van der Waals surface area (Å²) < 4.78 is 5.62. The van der Waals surface area contributed by atoms with Crippen molar-refractivity contribution in [2.75, 3.05) is 11.1 Å². The highest BCUT2D eigenvalue weighted by atomic mass is 35.5. The van der Waals surface area contributed by atoms with Gasteiger partial charge in [0.15, 0.2) is 0 Å². The van der Waals surface area contributed by atoms with Crippen LogP contribution in [0.2, 0.25) is 10.0 Å². The van der Waals surface area contributed by atoms with Gasteiger partial charge in [-0.25, -0.2) is 0 Å². The largest absolute Gasteiger partial charge is 0.491 e. The van der Waals surface area contributed by atoms with Crippen LogP contribution in [0.5, 0.6) is 5.75 Å². The molecule has 2 rings (SSSR count). The van der Waals surface area contributed by atoms with Gasteiger partial charge in [0.2, 0.25) is 5.91 Å². The van der Waals surface area contributed by atoms with E-state index in [0.29, 0.717) is 21.6 Å². The Labute approximate surface area is 156 Å². The smallest absolute Gasteiger partial charge is 0.234 e. The van der Waals surface area contributed by atoms with Crippen molar-refractivity contribution >= 4 is 46.6 Å². The van der Waals surface area contributed by atoms with Crippen molar-refractivity contribution in [3.8, 4) is 5.75 Å². The van der Waals surface area contributed by atoms with Crippen molar-refractivity contribution < 1.29 is 9.53 Å². The second-order valence-corrected chi connectivity index (χ2v) is 7.30. The third-order valence-electron chi connectivity index (χ3n) is 3.00. The second-order valence-electron chi connectivity index (χ2n) is 5.47. The van der Waals surface area contributed by atoms with Gasteiger partial charge in [-0.15, -0.1) is 11.8 Å². The molecule has 6 heteroatoms. The maximum absolute atomic E-state index is 12.0. The zero-order valence-electron chi connectivity index (χ0n) is 13.5. The monoisotopic (exact) mass is 383 g/mol. The van der Waals surface area contributed by atoms with Crippen LogP contribution in [0.1, 0.15) is 19.4 Å². The first-order valence-electron chi connectivity index (χ1n) is 7.52. The summed E-state index contributed by atoms with van der Waals surface area (Å²) in [4.78, 5) is 12.0. The summed E-state index contributed by atoms with van der Waals surface area (Å²) in [5.41, 5.74) is 1.69. The number of ether oxygens (including phenoxy) is 1. The SMILES string of the molecule is CC(C)Oc1cccc(NC(=O)CSCc2ccc(Cl)cc2Cl)c1. The zero-order chi connectivity index (χ0) is 17.5. The van der Waals surface area contributed by atoms with Gasteiger partial charge in [-0.2, -0.15) is 0 Å². The zero-order valence-corrected chi connectivity index (χ0v) is 15.8. The van der Waals surface area contributed by atoms with Crippen molar-refractivity contribution in [1.82, 2.24) is 0 Å². The van der Waals surface area contributed by atoms with E-state index >= 15 is 0 Å². The maximum atomic E-state index is 12.0. The lowest BCUT2D eigenvalue weighted by atomic mass is 10.2. The van der Waals surface area contributed by atoms with Gasteiger partial charge in [0.25, 0.3) is 0 Å². The standard InChI is InChI=1S/C18H19Cl2NO2S/c1-12(2)23-16-5-3-4-15(9-16)21-18(22)11-24-10-13-6-7-14(19)8-17(13)20/h3-9,12H,10-11H2,1-2H3,(H,21,22). The molecular formula is C18H19Cl2NO2S. The van der Waals surface area contributed by atoms with E-state index in [0.717, 1.165) is 17.0 Å². The average molecular weight is 384 g/mol. The lowest BCUT2D eigenvalue weighted by Crippen LogP contribution is -2.14. The molecule has 3 nitrogen and oxygen atoms in total. The Morgan fingerprint density at radius 1 is 1.21 bits per heavy atom. The lowest BCUT2D eigenvalue weighted by Gasteiger charge is -2.11. The van der Waals surface area contributed by atoms with E-state index in [2.05, 4.69) is 5.32 Å². The van der Waals surface area contributed by atoms with Crippen LogP contribution >= 0.6 is 35.0 Å². The summed E-state index contributed by atoms with van der Waals surface area (Å²) in [6.45, 7) is 3.92. The molecule has 0 saturated carbocycles. The summed E-state index contributed by atoms with van der Waals surface area (Å²) in [5, 5.41) is 4.10. The van der Waals surface area contributed by atoms with E-state index in [1.165, 1.54) is 11.8 Å². The Morgan fingerprint density at radius 2 is 2.00 bits per heavy atom. The highest BCUT2D eigenvalue weighted by molar-refractivity contribution is 7.99. The van der Waals surface area contributed by atoms with Crippen molar-refractivity contribution in [2.45, 2.75) is 25.7 Å². The highest BCUT2D eigenvalue weighted by Gasteiger charge is 2.07. The number of halogens is 2. The Balaban J connectivity index is 1.83. The number of thioether (sulfide) groups is 1. The van der Waals surface area contributed by atoms with Gasteiger partial charge < -0.3 is 10.1 Å². The average Bonchev–Trinajstić information content (AvgIpc) is 2.49. The van der Waals surface area contributed by atoms with Crippen molar-refractivity contribution in [2.24, 2.45) is 0 Å². The Bertz CT molecular complexity index is 707. The fraction of sp³-hybridized carbons (Fsp3) is 0.278. The molecule has 0 bridgehead atoms. The fourth-order valence-corrected chi connectivity index (χ4v) is 3.39. The molecule has 0 heterocycles. The number of anilines is 1. The van der Waals surface area contributed by atoms with Gasteiger partial charge in [0, 0.05) is 27.6 Å². The molecule has 0 aliphatic carbocycles. The van der Waals surface area contributed by atoms with E-state index in [1.807, 2.05) is 44.2 Å². The molecule has 2 aromatic carbocycles. The molecule has 128 valence electrons. The molecule has 1 amide bonds. The number of carbonyl (C=O) groups excluding carboxylic acids is 1. The molecular weight excluding hydrogens is 365 g/mol. The molecule has 0 fully saturated rings. The Morgan fingerprint density at radius 3 is 2.71 bits per heavy atom. The van der Waals surface area contributed by atoms with Gasteiger partial charge in [-0.05, 0) is 43.7 Å². The Hall–Kier alpha value is -1.36. The molecule has 0 atom stereocenters. The molecule has 0 saturated heterocycles.